The van der Waals surface area contributed by atoms with Crippen LogP contribution in [0.15, 0.2) is 56.8 Å². The molecule has 0 fully saturated rings. The van der Waals surface area contributed by atoms with Gasteiger partial charge in [-0.2, -0.15) is 0 Å². The van der Waals surface area contributed by atoms with E-state index < -0.39 is 18.5 Å². The Hall–Kier alpha value is -2.23. The molecule has 0 saturated carbocycles. The topological polar surface area (TPSA) is 88.5 Å². The minimum atomic E-state index is -0.794. The number of carbonyl (C=O) groups is 2. The lowest BCUT2D eigenvalue weighted by atomic mass is 10.2. The first-order chi connectivity index (χ1) is 12.9. The highest BCUT2D eigenvalue weighted by molar-refractivity contribution is 9.10. The van der Waals surface area contributed by atoms with Crippen LogP contribution in [0.1, 0.15) is 10.4 Å². The maximum Gasteiger partial charge on any atom is 0.342 e. The smallest absolute Gasteiger partial charge is 0.342 e. The SMILES string of the molecule is O=C(COC(=O)c1cc(Br)ccc1O)Nc1nc(-c2cccc(Br)c2)cs1. The lowest BCUT2D eigenvalue weighted by Crippen LogP contribution is -2.20. The second kappa shape index (κ2) is 8.64. The highest BCUT2D eigenvalue weighted by atomic mass is 79.9. The highest BCUT2D eigenvalue weighted by Gasteiger charge is 2.16. The number of nitrogens with one attached hydrogen (secondary N) is 1. The van der Waals surface area contributed by atoms with Crippen molar-refractivity contribution in [1.29, 1.82) is 0 Å². The van der Waals surface area contributed by atoms with Crippen LogP contribution in [0.3, 0.4) is 0 Å². The van der Waals surface area contributed by atoms with Crippen molar-refractivity contribution in [2.45, 2.75) is 0 Å². The van der Waals surface area contributed by atoms with Crippen molar-refractivity contribution in [3.05, 3.63) is 62.4 Å². The molecule has 6 nitrogen and oxygen atoms in total. The molecule has 0 atom stereocenters. The van der Waals surface area contributed by atoms with Gasteiger partial charge in [-0.05, 0) is 30.3 Å². The molecular weight excluding hydrogens is 500 g/mol. The van der Waals surface area contributed by atoms with Gasteiger partial charge in [0.25, 0.3) is 5.91 Å². The molecule has 0 aliphatic carbocycles. The van der Waals surface area contributed by atoms with E-state index in [1.165, 1.54) is 23.5 Å². The molecule has 1 amide bonds. The number of aromatic hydroxyl groups is 1. The Labute approximate surface area is 175 Å². The van der Waals surface area contributed by atoms with Gasteiger partial charge >= 0.3 is 5.97 Å². The second-order valence-corrected chi connectivity index (χ2v) is 8.02. The van der Waals surface area contributed by atoms with E-state index in [-0.39, 0.29) is 11.3 Å². The molecule has 0 aliphatic heterocycles. The minimum absolute atomic E-state index is 0.0247. The van der Waals surface area contributed by atoms with E-state index in [2.05, 4.69) is 42.2 Å². The number of ether oxygens (including phenoxy) is 1. The molecule has 9 heteroatoms. The van der Waals surface area contributed by atoms with Crippen LogP contribution in [0.5, 0.6) is 5.75 Å². The zero-order chi connectivity index (χ0) is 19.4. The summed E-state index contributed by atoms with van der Waals surface area (Å²) in [6, 6.07) is 12.0. The van der Waals surface area contributed by atoms with Crippen LogP contribution < -0.4 is 5.32 Å². The minimum Gasteiger partial charge on any atom is -0.507 e. The third kappa shape index (κ3) is 5.15. The fourth-order valence-corrected chi connectivity index (χ4v) is 3.64. The molecule has 1 aromatic heterocycles. The Morgan fingerprint density at radius 1 is 1.15 bits per heavy atom. The van der Waals surface area contributed by atoms with Crippen LogP contribution in [0.25, 0.3) is 11.3 Å². The number of esters is 1. The maximum atomic E-state index is 12.0. The van der Waals surface area contributed by atoms with Gasteiger partial charge in [0.2, 0.25) is 0 Å². The predicted octanol–water partition coefficient (Wildman–Crippen LogP) is 4.84. The quantitative estimate of drug-likeness (QED) is 0.478. The van der Waals surface area contributed by atoms with E-state index in [1.807, 2.05) is 29.6 Å². The molecule has 0 aliphatic rings. The number of phenolic OH excluding ortho intramolecular Hbond substituents is 1. The van der Waals surface area contributed by atoms with Crippen LogP contribution in [-0.2, 0) is 9.53 Å². The maximum absolute atomic E-state index is 12.0. The van der Waals surface area contributed by atoms with Crippen LogP contribution in [-0.4, -0.2) is 28.6 Å². The summed E-state index contributed by atoms with van der Waals surface area (Å²) in [5.41, 5.74) is 1.62. The largest absolute Gasteiger partial charge is 0.507 e. The van der Waals surface area contributed by atoms with Crippen LogP contribution in [0.2, 0.25) is 0 Å². The number of benzene rings is 2. The molecule has 2 aromatic carbocycles. The number of aromatic nitrogens is 1. The van der Waals surface area contributed by atoms with Gasteiger partial charge in [-0.3, -0.25) is 10.1 Å². The number of nitrogens with zero attached hydrogens (tertiary/aromatic N) is 1. The molecule has 3 rings (SSSR count). The van der Waals surface area contributed by atoms with Crippen LogP contribution in [0, 0.1) is 0 Å². The van der Waals surface area contributed by atoms with Gasteiger partial charge in [0.1, 0.15) is 11.3 Å². The van der Waals surface area contributed by atoms with Gasteiger partial charge in [0.15, 0.2) is 11.7 Å². The van der Waals surface area contributed by atoms with Gasteiger partial charge in [-0.1, -0.05) is 44.0 Å². The van der Waals surface area contributed by atoms with Crippen molar-refractivity contribution in [2.75, 3.05) is 11.9 Å². The monoisotopic (exact) mass is 510 g/mol. The van der Waals surface area contributed by atoms with E-state index in [9.17, 15) is 14.7 Å². The van der Waals surface area contributed by atoms with E-state index in [0.717, 1.165) is 15.7 Å². The number of phenols is 1. The van der Waals surface area contributed by atoms with Gasteiger partial charge in [-0.15, -0.1) is 11.3 Å². The van der Waals surface area contributed by atoms with Crippen molar-refractivity contribution in [1.82, 2.24) is 4.98 Å². The van der Waals surface area contributed by atoms with Crippen LogP contribution in [0.4, 0.5) is 5.13 Å². The number of hydrogen-bond acceptors (Lipinski definition) is 6. The number of amides is 1. The summed E-state index contributed by atoms with van der Waals surface area (Å²) < 4.78 is 6.49. The first-order valence-electron chi connectivity index (χ1n) is 7.59. The number of halogens is 2. The number of anilines is 1. The molecule has 138 valence electrons. The van der Waals surface area contributed by atoms with E-state index >= 15 is 0 Å². The summed E-state index contributed by atoms with van der Waals surface area (Å²) in [6.45, 7) is -0.489. The Morgan fingerprint density at radius 3 is 2.70 bits per heavy atom. The van der Waals surface area contributed by atoms with Gasteiger partial charge < -0.3 is 9.84 Å². The van der Waals surface area contributed by atoms with Gasteiger partial charge in [0.05, 0.1) is 5.69 Å². The zero-order valence-corrected chi connectivity index (χ0v) is 17.6. The predicted molar refractivity (Wildman–Crippen MR) is 110 cm³/mol. The average Bonchev–Trinajstić information content (AvgIpc) is 3.10. The zero-order valence-electron chi connectivity index (χ0n) is 13.6. The molecule has 0 unspecified atom stereocenters. The summed E-state index contributed by atoms with van der Waals surface area (Å²) in [5.74, 6) is -1.53. The number of carbonyl (C=O) groups excluding carboxylic acids is 2. The number of thiazole rings is 1. The Bertz CT molecular complexity index is 1010. The molecule has 0 saturated heterocycles. The molecule has 3 aromatic rings. The molecular formula is C18H12Br2N2O4S. The Morgan fingerprint density at radius 2 is 1.93 bits per heavy atom. The summed E-state index contributed by atoms with van der Waals surface area (Å²) >= 11 is 7.88. The first-order valence-corrected chi connectivity index (χ1v) is 10.1. The van der Waals surface area contributed by atoms with Gasteiger partial charge in [0, 0.05) is 19.9 Å². The lowest BCUT2D eigenvalue weighted by Gasteiger charge is -2.06. The van der Waals surface area contributed by atoms with Gasteiger partial charge in [-0.25, -0.2) is 9.78 Å². The third-order valence-electron chi connectivity index (χ3n) is 3.38. The molecule has 0 bridgehead atoms. The van der Waals surface area contributed by atoms with Crippen LogP contribution >= 0.6 is 43.2 Å². The second-order valence-electron chi connectivity index (χ2n) is 5.33. The van der Waals surface area contributed by atoms with Crippen molar-refractivity contribution < 1.29 is 19.4 Å². The third-order valence-corrected chi connectivity index (χ3v) is 5.13. The normalized spacial score (nSPS) is 10.4. The fraction of sp³-hybridized carbons (Fsp3) is 0.0556. The van der Waals surface area contributed by atoms with Crippen molar-refractivity contribution >= 4 is 60.2 Å². The first kappa shape index (κ1) is 19.5. The highest BCUT2D eigenvalue weighted by Crippen LogP contribution is 2.27. The molecule has 2 N–H and O–H groups in total. The van der Waals surface area contributed by atoms with Crippen molar-refractivity contribution in [2.24, 2.45) is 0 Å². The average molecular weight is 512 g/mol. The molecule has 1 heterocycles. The number of hydrogen-bond donors (Lipinski definition) is 2. The lowest BCUT2D eigenvalue weighted by molar-refractivity contribution is -0.119. The number of rotatable bonds is 5. The summed E-state index contributed by atoms with van der Waals surface area (Å²) in [7, 11) is 0. The van der Waals surface area contributed by atoms with E-state index in [1.54, 1.807) is 6.07 Å². The Balaban J connectivity index is 1.58. The van der Waals surface area contributed by atoms with E-state index in [4.69, 9.17) is 4.74 Å². The summed E-state index contributed by atoms with van der Waals surface area (Å²) in [6.07, 6.45) is 0. The molecule has 0 spiro atoms. The molecule has 27 heavy (non-hydrogen) atoms. The van der Waals surface area contributed by atoms with Crippen molar-refractivity contribution in [3.8, 4) is 17.0 Å². The van der Waals surface area contributed by atoms with E-state index in [0.29, 0.717) is 9.60 Å². The fourth-order valence-electron chi connectivity index (χ4n) is 2.15. The summed E-state index contributed by atoms with van der Waals surface area (Å²) in [5, 5.41) is 14.5. The molecule has 0 radical (unpaired) electrons. The van der Waals surface area contributed by atoms with Crippen molar-refractivity contribution in [3.63, 3.8) is 0 Å². The Kier molecular flexibility index (Phi) is 6.25. The standard InChI is InChI=1S/C18H12Br2N2O4S/c19-11-3-1-2-10(6-11)14-9-27-18(21-14)22-16(24)8-26-17(25)13-7-12(20)4-5-15(13)23/h1-7,9,23H,8H2,(H,21,22,24). The summed E-state index contributed by atoms with van der Waals surface area (Å²) in [4.78, 5) is 28.3.